The van der Waals surface area contributed by atoms with E-state index in [0.717, 1.165) is 11.8 Å². The highest BCUT2D eigenvalue weighted by Crippen LogP contribution is 2.11. The Morgan fingerprint density at radius 1 is 1.43 bits per heavy atom. The van der Waals surface area contributed by atoms with Crippen molar-refractivity contribution in [2.24, 2.45) is 0 Å². The van der Waals surface area contributed by atoms with Gasteiger partial charge in [0.15, 0.2) is 0 Å². The SMILES string of the molecule is CO/[N+](=C\C(=O)O)c1ccc(C)cc1. The summed E-state index contributed by atoms with van der Waals surface area (Å²) >= 11 is 0. The van der Waals surface area contributed by atoms with Gasteiger partial charge in [-0.15, -0.1) is 0 Å². The van der Waals surface area contributed by atoms with Crippen molar-refractivity contribution in [3.05, 3.63) is 29.8 Å². The monoisotopic (exact) mass is 194 g/mol. The predicted molar refractivity (Wildman–Crippen MR) is 51.8 cm³/mol. The van der Waals surface area contributed by atoms with E-state index >= 15 is 0 Å². The Morgan fingerprint density at radius 2 is 2.00 bits per heavy atom. The fourth-order valence-corrected chi connectivity index (χ4v) is 1.02. The van der Waals surface area contributed by atoms with Gasteiger partial charge in [-0.1, -0.05) is 17.7 Å². The molecule has 0 aromatic heterocycles. The summed E-state index contributed by atoms with van der Waals surface area (Å²) in [7, 11) is 1.42. The van der Waals surface area contributed by atoms with Crippen LogP contribution < -0.4 is 0 Å². The van der Waals surface area contributed by atoms with Crippen LogP contribution in [0.1, 0.15) is 5.56 Å². The molecule has 0 aliphatic carbocycles. The molecule has 0 saturated carbocycles. The second kappa shape index (κ2) is 4.41. The fourth-order valence-electron chi connectivity index (χ4n) is 1.02. The number of hydrogen-bond acceptors (Lipinski definition) is 2. The van der Waals surface area contributed by atoms with Crippen molar-refractivity contribution >= 4 is 17.9 Å². The number of aliphatic carboxylic acids is 1. The van der Waals surface area contributed by atoms with Crippen molar-refractivity contribution in [3.63, 3.8) is 0 Å². The fraction of sp³-hybridized carbons (Fsp3) is 0.200. The Morgan fingerprint density at radius 3 is 2.43 bits per heavy atom. The van der Waals surface area contributed by atoms with Gasteiger partial charge in [0.25, 0.3) is 5.69 Å². The highest BCUT2D eigenvalue weighted by Gasteiger charge is 2.11. The van der Waals surface area contributed by atoms with E-state index in [0.29, 0.717) is 5.69 Å². The van der Waals surface area contributed by atoms with Crippen LogP contribution in [0.3, 0.4) is 0 Å². The summed E-state index contributed by atoms with van der Waals surface area (Å²) in [5.41, 5.74) is 1.79. The average molecular weight is 194 g/mol. The molecule has 14 heavy (non-hydrogen) atoms. The van der Waals surface area contributed by atoms with Crippen molar-refractivity contribution in [3.8, 4) is 0 Å². The van der Waals surface area contributed by atoms with Crippen molar-refractivity contribution in [1.82, 2.24) is 0 Å². The van der Waals surface area contributed by atoms with Gasteiger partial charge in [0.2, 0.25) is 0 Å². The summed E-state index contributed by atoms with van der Waals surface area (Å²) in [6.07, 6.45) is 0.963. The zero-order valence-electron chi connectivity index (χ0n) is 8.10. The van der Waals surface area contributed by atoms with Crippen LogP contribution in [0.25, 0.3) is 0 Å². The molecular weight excluding hydrogens is 182 g/mol. The number of carboxylic acid groups (broad SMARTS) is 1. The van der Waals surface area contributed by atoms with Crippen LogP contribution in [0.4, 0.5) is 5.69 Å². The molecule has 4 nitrogen and oxygen atoms in total. The Balaban J connectivity index is 3.01. The lowest BCUT2D eigenvalue weighted by Crippen LogP contribution is -2.11. The van der Waals surface area contributed by atoms with E-state index in [1.807, 2.05) is 19.1 Å². The summed E-state index contributed by atoms with van der Waals surface area (Å²) in [6.45, 7) is 1.96. The molecule has 0 atom stereocenters. The molecule has 0 fully saturated rings. The smallest absolute Gasteiger partial charge is 0.398 e. The Kier molecular flexibility index (Phi) is 3.23. The summed E-state index contributed by atoms with van der Waals surface area (Å²) < 4.78 is 1.20. The highest BCUT2D eigenvalue weighted by molar-refractivity contribution is 6.19. The largest absolute Gasteiger partial charge is 0.474 e. The summed E-state index contributed by atoms with van der Waals surface area (Å²) in [5.74, 6) is -1.05. The van der Waals surface area contributed by atoms with Crippen molar-refractivity contribution in [2.75, 3.05) is 7.11 Å². The number of carbonyl (C=O) groups is 1. The Labute approximate surface area is 82.0 Å². The van der Waals surface area contributed by atoms with Gasteiger partial charge < -0.3 is 5.11 Å². The first-order valence-corrected chi connectivity index (χ1v) is 4.11. The van der Waals surface area contributed by atoms with Crippen molar-refractivity contribution < 1.29 is 19.5 Å². The predicted octanol–water partition coefficient (Wildman–Crippen LogP) is 1.36. The lowest BCUT2D eigenvalue weighted by molar-refractivity contribution is -0.716. The maximum atomic E-state index is 10.4. The molecule has 0 spiro atoms. The molecule has 0 aliphatic rings. The highest BCUT2D eigenvalue weighted by atomic mass is 16.7. The van der Waals surface area contributed by atoms with Crippen LogP contribution in [0.2, 0.25) is 0 Å². The zero-order chi connectivity index (χ0) is 10.6. The quantitative estimate of drug-likeness (QED) is 0.449. The first-order chi connectivity index (χ1) is 6.63. The van der Waals surface area contributed by atoms with Gasteiger partial charge in [0.1, 0.15) is 7.11 Å². The maximum Gasteiger partial charge on any atom is 0.398 e. The van der Waals surface area contributed by atoms with Crippen molar-refractivity contribution in [1.29, 1.82) is 0 Å². The average Bonchev–Trinajstić information content (AvgIpc) is 2.15. The normalized spacial score (nSPS) is 11.1. The number of aryl methyl sites for hydroxylation is 1. The number of hydrogen-bond donors (Lipinski definition) is 1. The van der Waals surface area contributed by atoms with E-state index in [9.17, 15) is 4.79 Å². The molecule has 0 heterocycles. The van der Waals surface area contributed by atoms with E-state index < -0.39 is 5.97 Å². The van der Waals surface area contributed by atoms with Crippen LogP contribution in [-0.2, 0) is 9.63 Å². The Bertz CT molecular complexity index is 354. The third-order valence-electron chi connectivity index (χ3n) is 1.71. The van der Waals surface area contributed by atoms with Gasteiger partial charge >= 0.3 is 12.2 Å². The van der Waals surface area contributed by atoms with Gasteiger partial charge in [-0.05, 0) is 6.92 Å². The molecule has 0 bridgehead atoms. The molecule has 1 aromatic carbocycles. The van der Waals surface area contributed by atoms with Crippen LogP contribution in [0.5, 0.6) is 0 Å². The molecule has 74 valence electrons. The molecule has 0 aliphatic heterocycles. The Hall–Kier alpha value is -1.84. The molecule has 1 rings (SSSR count). The maximum absolute atomic E-state index is 10.4. The third-order valence-corrected chi connectivity index (χ3v) is 1.71. The first-order valence-electron chi connectivity index (χ1n) is 4.11. The topological polar surface area (TPSA) is 49.5 Å². The van der Waals surface area contributed by atoms with E-state index in [2.05, 4.69) is 0 Å². The minimum atomic E-state index is -1.05. The zero-order valence-corrected chi connectivity index (χ0v) is 8.10. The van der Waals surface area contributed by atoms with Gasteiger partial charge in [-0.3, -0.25) is 4.84 Å². The summed E-state index contributed by atoms with van der Waals surface area (Å²) in [6, 6.07) is 7.35. The number of benzene rings is 1. The molecule has 0 amide bonds. The van der Waals surface area contributed by atoms with Gasteiger partial charge in [-0.2, -0.15) is 0 Å². The van der Waals surface area contributed by atoms with E-state index in [-0.39, 0.29) is 0 Å². The summed E-state index contributed by atoms with van der Waals surface area (Å²) in [4.78, 5) is 15.3. The molecule has 1 N–H and O–H groups in total. The van der Waals surface area contributed by atoms with Gasteiger partial charge in [0.05, 0.1) is 0 Å². The second-order valence-corrected chi connectivity index (χ2v) is 2.81. The molecule has 0 unspecified atom stereocenters. The molecule has 1 aromatic rings. The summed E-state index contributed by atoms with van der Waals surface area (Å²) in [5, 5.41) is 8.55. The molecule has 4 heteroatoms. The lowest BCUT2D eigenvalue weighted by atomic mass is 10.2. The molecular formula is C10H12NO3+. The number of rotatable bonds is 3. The minimum absolute atomic E-state index is 0.681. The van der Waals surface area contributed by atoms with E-state index in [1.54, 1.807) is 12.1 Å². The van der Waals surface area contributed by atoms with Gasteiger partial charge in [0, 0.05) is 16.9 Å². The van der Waals surface area contributed by atoms with Gasteiger partial charge in [-0.25, -0.2) is 4.79 Å². The molecule has 0 saturated heterocycles. The number of carboxylic acids is 1. The second-order valence-electron chi connectivity index (χ2n) is 2.81. The molecule has 0 radical (unpaired) electrons. The standard InChI is InChI=1S/C10H11NO3/c1-8-3-5-9(6-4-8)11(14-2)7-10(12)13/h3-7H,1-2H3/p+1/b11-7-. The van der Waals surface area contributed by atoms with Crippen molar-refractivity contribution in [2.45, 2.75) is 6.92 Å². The third kappa shape index (κ3) is 2.58. The van der Waals surface area contributed by atoms with Crippen LogP contribution >= 0.6 is 0 Å². The van der Waals surface area contributed by atoms with Crippen LogP contribution in [0, 0.1) is 6.92 Å². The van der Waals surface area contributed by atoms with E-state index in [4.69, 9.17) is 9.94 Å². The van der Waals surface area contributed by atoms with E-state index in [1.165, 1.54) is 11.8 Å². The first kappa shape index (κ1) is 10.2. The minimum Gasteiger partial charge on any atom is -0.474 e. The number of nitrogens with zero attached hydrogens (tertiary/aromatic N) is 1. The van der Waals surface area contributed by atoms with Crippen LogP contribution in [-0.4, -0.2) is 29.1 Å². The van der Waals surface area contributed by atoms with Crippen LogP contribution in [0.15, 0.2) is 24.3 Å². The lowest BCUT2D eigenvalue weighted by Gasteiger charge is -1.96.